The van der Waals surface area contributed by atoms with Crippen molar-refractivity contribution >= 4 is 16.7 Å². The fourth-order valence-corrected chi connectivity index (χ4v) is 3.95. The van der Waals surface area contributed by atoms with Crippen LogP contribution in [-0.4, -0.2) is 35.1 Å². The normalized spacial score (nSPS) is 20.9. The molecule has 0 spiro atoms. The molecule has 0 aliphatic carbocycles. The van der Waals surface area contributed by atoms with Crippen LogP contribution in [0.5, 0.6) is 0 Å². The van der Waals surface area contributed by atoms with Crippen molar-refractivity contribution in [1.82, 2.24) is 5.32 Å². The molecule has 1 amide bonds. The van der Waals surface area contributed by atoms with E-state index < -0.39 is 10.8 Å². The van der Waals surface area contributed by atoms with Gasteiger partial charge < -0.3 is 10.1 Å². The summed E-state index contributed by atoms with van der Waals surface area (Å²) in [5.74, 6) is -0.0988. The SMILES string of the molecule is CCC(c1ccccc1)S(=O)CC(=O)NCC1CCCO1. The quantitative estimate of drug-likeness (QED) is 0.840. The zero-order chi connectivity index (χ0) is 15.1. The minimum atomic E-state index is -1.19. The number of carbonyl (C=O) groups is 1. The van der Waals surface area contributed by atoms with Crippen molar-refractivity contribution in [3.8, 4) is 0 Å². The Hall–Kier alpha value is -1.20. The summed E-state index contributed by atoms with van der Waals surface area (Å²) in [5, 5.41) is 2.75. The molecule has 3 atom stereocenters. The van der Waals surface area contributed by atoms with E-state index in [4.69, 9.17) is 4.74 Å². The average Bonchev–Trinajstić information content (AvgIpc) is 3.00. The average molecular weight is 309 g/mol. The summed E-state index contributed by atoms with van der Waals surface area (Å²) < 4.78 is 17.9. The predicted molar refractivity (Wildman–Crippen MR) is 84.5 cm³/mol. The molecule has 1 aromatic carbocycles. The highest BCUT2D eigenvalue weighted by Gasteiger charge is 2.21. The summed E-state index contributed by atoms with van der Waals surface area (Å²) in [6.45, 7) is 3.30. The Bertz CT molecular complexity index is 472. The largest absolute Gasteiger partial charge is 0.376 e. The minimum Gasteiger partial charge on any atom is -0.376 e. The fourth-order valence-electron chi connectivity index (χ4n) is 2.55. The van der Waals surface area contributed by atoms with Crippen molar-refractivity contribution in [2.75, 3.05) is 18.9 Å². The van der Waals surface area contributed by atoms with E-state index >= 15 is 0 Å². The van der Waals surface area contributed by atoms with Gasteiger partial charge in [-0.2, -0.15) is 0 Å². The molecule has 1 aliphatic rings. The third-order valence-electron chi connectivity index (χ3n) is 3.68. The molecule has 1 aliphatic heterocycles. The second kappa shape index (κ2) is 8.29. The van der Waals surface area contributed by atoms with Gasteiger partial charge in [-0.05, 0) is 24.8 Å². The van der Waals surface area contributed by atoms with Gasteiger partial charge in [0.15, 0.2) is 0 Å². The van der Waals surface area contributed by atoms with E-state index in [9.17, 15) is 9.00 Å². The first-order chi connectivity index (χ1) is 10.2. The smallest absolute Gasteiger partial charge is 0.232 e. The molecular formula is C16H23NO3S. The molecular weight excluding hydrogens is 286 g/mol. The van der Waals surface area contributed by atoms with Crippen LogP contribution in [0.1, 0.15) is 37.0 Å². The molecule has 1 fully saturated rings. The summed E-state index contributed by atoms with van der Waals surface area (Å²) in [7, 11) is -1.19. The van der Waals surface area contributed by atoms with Crippen molar-refractivity contribution in [3.63, 3.8) is 0 Å². The van der Waals surface area contributed by atoms with E-state index in [0.29, 0.717) is 6.54 Å². The highest BCUT2D eigenvalue weighted by Crippen LogP contribution is 2.23. The lowest BCUT2D eigenvalue weighted by atomic mass is 10.1. The highest BCUT2D eigenvalue weighted by atomic mass is 32.2. The van der Waals surface area contributed by atoms with Crippen LogP contribution in [0.4, 0.5) is 0 Å². The van der Waals surface area contributed by atoms with Gasteiger partial charge in [0, 0.05) is 24.0 Å². The van der Waals surface area contributed by atoms with Crippen LogP contribution in [0.3, 0.4) is 0 Å². The van der Waals surface area contributed by atoms with Gasteiger partial charge in [-0.25, -0.2) is 0 Å². The fraction of sp³-hybridized carbons (Fsp3) is 0.562. The van der Waals surface area contributed by atoms with Crippen LogP contribution in [0, 0.1) is 0 Å². The summed E-state index contributed by atoms with van der Waals surface area (Å²) in [4.78, 5) is 11.9. The molecule has 1 heterocycles. The number of nitrogens with one attached hydrogen (secondary N) is 1. The third kappa shape index (κ3) is 4.93. The molecule has 0 bridgehead atoms. The molecule has 0 radical (unpaired) electrons. The Morgan fingerprint density at radius 1 is 1.43 bits per heavy atom. The maximum atomic E-state index is 12.4. The molecule has 0 saturated carbocycles. The monoisotopic (exact) mass is 309 g/mol. The maximum absolute atomic E-state index is 12.4. The van der Waals surface area contributed by atoms with Gasteiger partial charge in [0.25, 0.3) is 0 Å². The first kappa shape index (κ1) is 16.2. The Balaban J connectivity index is 1.82. The molecule has 5 heteroatoms. The minimum absolute atomic E-state index is 0.0557. The lowest BCUT2D eigenvalue weighted by Crippen LogP contribution is -2.35. The molecule has 1 N–H and O–H groups in total. The van der Waals surface area contributed by atoms with Gasteiger partial charge in [-0.1, -0.05) is 37.3 Å². The second-order valence-electron chi connectivity index (χ2n) is 5.27. The number of ether oxygens (including phenoxy) is 1. The lowest BCUT2D eigenvalue weighted by molar-refractivity contribution is -0.119. The summed E-state index contributed by atoms with van der Waals surface area (Å²) >= 11 is 0. The zero-order valence-corrected chi connectivity index (χ0v) is 13.2. The number of hydrogen-bond acceptors (Lipinski definition) is 3. The molecule has 116 valence electrons. The van der Waals surface area contributed by atoms with Gasteiger partial charge in [-0.3, -0.25) is 9.00 Å². The van der Waals surface area contributed by atoms with E-state index in [1.807, 2.05) is 37.3 Å². The van der Waals surface area contributed by atoms with Crippen molar-refractivity contribution < 1.29 is 13.7 Å². The summed E-state index contributed by atoms with van der Waals surface area (Å²) in [6, 6.07) is 9.75. The number of hydrogen-bond donors (Lipinski definition) is 1. The Labute approximate surface area is 128 Å². The number of amides is 1. The van der Waals surface area contributed by atoms with Gasteiger partial charge in [0.05, 0.1) is 11.4 Å². The zero-order valence-electron chi connectivity index (χ0n) is 12.4. The van der Waals surface area contributed by atoms with Crippen LogP contribution < -0.4 is 5.32 Å². The van der Waals surface area contributed by atoms with Crippen LogP contribution in [-0.2, 0) is 20.3 Å². The Morgan fingerprint density at radius 2 is 2.19 bits per heavy atom. The highest BCUT2D eigenvalue weighted by molar-refractivity contribution is 7.86. The van der Waals surface area contributed by atoms with Gasteiger partial charge >= 0.3 is 0 Å². The van der Waals surface area contributed by atoms with E-state index in [-0.39, 0.29) is 23.0 Å². The van der Waals surface area contributed by atoms with Crippen molar-refractivity contribution in [1.29, 1.82) is 0 Å². The molecule has 1 aromatic rings. The third-order valence-corrected chi connectivity index (χ3v) is 5.47. The van der Waals surface area contributed by atoms with Gasteiger partial charge in [-0.15, -0.1) is 0 Å². The molecule has 0 aromatic heterocycles. The van der Waals surface area contributed by atoms with Crippen molar-refractivity contribution in [2.45, 2.75) is 37.5 Å². The van der Waals surface area contributed by atoms with Gasteiger partial charge in [0.1, 0.15) is 5.75 Å². The summed E-state index contributed by atoms with van der Waals surface area (Å²) in [5.41, 5.74) is 1.03. The van der Waals surface area contributed by atoms with E-state index in [0.717, 1.165) is 31.4 Å². The number of rotatable bonds is 7. The number of benzene rings is 1. The first-order valence-electron chi connectivity index (χ1n) is 7.51. The molecule has 21 heavy (non-hydrogen) atoms. The lowest BCUT2D eigenvalue weighted by Gasteiger charge is -2.16. The van der Waals surface area contributed by atoms with Crippen LogP contribution in [0.2, 0.25) is 0 Å². The predicted octanol–water partition coefficient (Wildman–Crippen LogP) is 2.18. The Morgan fingerprint density at radius 3 is 2.81 bits per heavy atom. The van der Waals surface area contributed by atoms with Crippen LogP contribution in [0.25, 0.3) is 0 Å². The molecule has 4 nitrogen and oxygen atoms in total. The molecule has 1 saturated heterocycles. The second-order valence-corrected chi connectivity index (χ2v) is 6.89. The first-order valence-corrected chi connectivity index (χ1v) is 8.89. The van der Waals surface area contributed by atoms with Gasteiger partial charge in [0.2, 0.25) is 5.91 Å². The molecule has 2 rings (SSSR count). The van der Waals surface area contributed by atoms with Crippen LogP contribution >= 0.6 is 0 Å². The maximum Gasteiger partial charge on any atom is 0.232 e. The molecule has 3 unspecified atom stereocenters. The topological polar surface area (TPSA) is 55.4 Å². The van der Waals surface area contributed by atoms with Crippen molar-refractivity contribution in [3.05, 3.63) is 35.9 Å². The van der Waals surface area contributed by atoms with Crippen molar-refractivity contribution in [2.24, 2.45) is 0 Å². The Kier molecular flexibility index (Phi) is 6.39. The van der Waals surface area contributed by atoms with E-state index in [1.165, 1.54) is 0 Å². The summed E-state index contributed by atoms with van der Waals surface area (Å²) in [6.07, 6.45) is 2.93. The number of carbonyl (C=O) groups excluding carboxylic acids is 1. The van der Waals surface area contributed by atoms with E-state index in [1.54, 1.807) is 0 Å². The van der Waals surface area contributed by atoms with E-state index in [2.05, 4.69) is 5.32 Å². The standard InChI is InChI=1S/C16H23NO3S/c1-2-15(13-7-4-3-5-8-13)21(19)12-16(18)17-11-14-9-6-10-20-14/h3-5,7-8,14-15H,2,6,9-12H2,1H3,(H,17,18). The van der Waals surface area contributed by atoms with Crippen LogP contribution in [0.15, 0.2) is 30.3 Å².